The van der Waals surface area contributed by atoms with Gasteiger partial charge in [0.15, 0.2) is 0 Å². The second kappa shape index (κ2) is 12.7. The minimum atomic E-state index is -4.48. The van der Waals surface area contributed by atoms with Crippen molar-refractivity contribution in [3.8, 4) is 16.8 Å². The topological polar surface area (TPSA) is 79.3 Å². The van der Waals surface area contributed by atoms with Gasteiger partial charge in [-0.05, 0) is 61.7 Å². The quantitative estimate of drug-likeness (QED) is 0.222. The van der Waals surface area contributed by atoms with Crippen molar-refractivity contribution in [2.45, 2.75) is 39.8 Å². The van der Waals surface area contributed by atoms with E-state index in [0.29, 0.717) is 12.2 Å². The molecule has 0 atom stereocenters. The molecule has 4 aromatic rings. The number of nitrogens with one attached hydrogen (secondary N) is 2. The van der Waals surface area contributed by atoms with Crippen LogP contribution in [-0.4, -0.2) is 39.7 Å². The number of hydrogen-bond acceptors (Lipinski definition) is 3. The van der Waals surface area contributed by atoms with Crippen LogP contribution >= 0.6 is 0 Å². The molecule has 7 nitrogen and oxygen atoms in total. The number of rotatable bonds is 9. The molecule has 0 aliphatic carbocycles. The van der Waals surface area contributed by atoms with E-state index in [1.165, 1.54) is 17.0 Å². The predicted molar refractivity (Wildman–Crippen MR) is 154 cm³/mol. The molecule has 3 amide bonds. The first-order valence-corrected chi connectivity index (χ1v) is 13.3. The lowest BCUT2D eigenvalue weighted by Crippen LogP contribution is -2.41. The van der Waals surface area contributed by atoms with Crippen LogP contribution in [0.15, 0.2) is 78.9 Å². The summed E-state index contributed by atoms with van der Waals surface area (Å²) in [5, 5.41) is 10.3. The number of para-hydroxylation sites is 1. The molecule has 0 bridgehead atoms. The van der Waals surface area contributed by atoms with Gasteiger partial charge >= 0.3 is 12.2 Å². The molecule has 0 radical (unpaired) electrons. The van der Waals surface area contributed by atoms with E-state index in [-0.39, 0.29) is 18.8 Å². The average Bonchev–Trinajstić information content (AvgIpc) is 3.26. The molecule has 1 heterocycles. The summed E-state index contributed by atoms with van der Waals surface area (Å²) in [4.78, 5) is 27.9. The zero-order valence-corrected chi connectivity index (χ0v) is 23.1. The van der Waals surface area contributed by atoms with Crippen LogP contribution in [0.25, 0.3) is 16.8 Å². The van der Waals surface area contributed by atoms with Gasteiger partial charge in [-0.2, -0.15) is 18.3 Å². The summed E-state index contributed by atoms with van der Waals surface area (Å²) in [7, 11) is 0. The fourth-order valence-electron chi connectivity index (χ4n) is 4.46. The number of amides is 3. The fraction of sp³-hybridized carbons (Fsp3) is 0.258. The summed E-state index contributed by atoms with van der Waals surface area (Å²) >= 11 is 0. The van der Waals surface area contributed by atoms with E-state index >= 15 is 0 Å². The van der Waals surface area contributed by atoms with E-state index in [0.717, 1.165) is 46.6 Å². The van der Waals surface area contributed by atoms with E-state index < -0.39 is 23.7 Å². The van der Waals surface area contributed by atoms with E-state index in [2.05, 4.69) is 10.6 Å². The molecule has 0 unspecified atom stereocenters. The Morgan fingerprint density at radius 3 is 2.20 bits per heavy atom. The Balaban J connectivity index is 1.60. The van der Waals surface area contributed by atoms with Crippen LogP contribution in [0.2, 0.25) is 0 Å². The standard InChI is InChI=1S/C31H32F3N5O2/c1-4-5-19-38(30(41)35-25-17-15-24(16-18-25)31(32,33)34)20-27(40)36-29-28(23-12-7-6-8-13-23)22(3)37-39(29)26-14-10-9-11-21(26)2/h6-18H,4-5,19-20H2,1-3H3,(H,35,41)(H,36,40). The molecule has 0 aliphatic rings. The molecular weight excluding hydrogens is 531 g/mol. The monoisotopic (exact) mass is 563 g/mol. The SMILES string of the molecule is CCCCN(CC(=O)Nc1c(-c2ccccc2)c(C)nn1-c1ccccc1C)C(=O)Nc1ccc(C(F)(F)F)cc1. The van der Waals surface area contributed by atoms with Crippen LogP contribution in [0.5, 0.6) is 0 Å². The number of aromatic nitrogens is 2. The number of urea groups is 1. The van der Waals surface area contributed by atoms with Crippen LogP contribution in [0.4, 0.5) is 29.5 Å². The smallest absolute Gasteiger partial charge is 0.315 e. The predicted octanol–water partition coefficient (Wildman–Crippen LogP) is 7.45. The van der Waals surface area contributed by atoms with E-state index in [1.54, 1.807) is 4.68 Å². The molecule has 4 rings (SSSR count). The first kappa shape index (κ1) is 29.4. The number of hydrogen-bond donors (Lipinski definition) is 2. The molecule has 0 spiro atoms. The Morgan fingerprint density at radius 2 is 1.56 bits per heavy atom. The lowest BCUT2D eigenvalue weighted by Gasteiger charge is -2.23. The van der Waals surface area contributed by atoms with Gasteiger partial charge in [0, 0.05) is 17.8 Å². The number of halogens is 3. The molecule has 214 valence electrons. The second-order valence-electron chi connectivity index (χ2n) is 9.70. The van der Waals surface area contributed by atoms with Gasteiger partial charge in [-0.15, -0.1) is 0 Å². The van der Waals surface area contributed by atoms with Gasteiger partial charge in [0.05, 0.1) is 16.9 Å². The van der Waals surface area contributed by atoms with Crippen LogP contribution in [0, 0.1) is 13.8 Å². The number of anilines is 2. The van der Waals surface area contributed by atoms with Gasteiger partial charge in [0.1, 0.15) is 12.4 Å². The molecule has 0 saturated carbocycles. The molecule has 0 saturated heterocycles. The van der Waals surface area contributed by atoms with Gasteiger partial charge in [0.25, 0.3) is 0 Å². The number of benzene rings is 3. The normalized spacial score (nSPS) is 11.3. The lowest BCUT2D eigenvalue weighted by molar-refractivity contribution is -0.137. The Labute approximate surface area is 237 Å². The van der Waals surface area contributed by atoms with Crippen molar-refractivity contribution in [3.05, 3.63) is 95.7 Å². The van der Waals surface area contributed by atoms with E-state index in [9.17, 15) is 22.8 Å². The highest BCUT2D eigenvalue weighted by molar-refractivity contribution is 5.99. The van der Waals surface area contributed by atoms with Gasteiger partial charge in [-0.1, -0.05) is 61.9 Å². The van der Waals surface area contributed by atoms with Crippen LogP contribution < -0.4 is 10.6 Å². The second-order valence-corrected chi connectivity index (χ2v) is 9.70. The number of carbonyl (C=O) groups excluding carboxylic acids is 2. The van der Waals surface area contributed by atoms with Gasteiger partial charge in [-0.3, -0.25) is 4.79 Å². The highest BCUT2D eigenvalue weighted by Gasteiger charge is 2.30. The molecule has 3 aromatic carbocycles. The summed E-state index contributed by atoms with van der Waals surface area (Å²) in [5.41, 5.74) is 3.51. The van der Waals surface area contributed by atoms with Crippen molar-refractivity contribution in [2.75, 3.05) is 23.7 Å². The zero-order valence-electron chi connectivity index (χ0n) is 23.1. The third-order valence-electron chi connectivity index (χ3n) is 6.59. The largest absolute Gasteiger partial charge is 0.416 e. The molecule has 0 aliphatic heterocycles. The van der Waals surface area contributed by atoms with Crippen LogP contribution in [0.3, 0.4) is 0 Å². The number of aryl methyl sites for hydroxylation is 2. The minimum absolute atomic E-state index is 0.199. The van der Waals surface area contributed by atoms with Gasteiger partial charge in [0.2, 0.25) is 5.91 Å². The Hall–Kier alpha value is -4.60. The average molecular weight is 564 g/mol. The third-order valence-corrected chi connectivity index (χ3v) is 6.59. The van der Waals surface area contributed by atoms with Crippen molar-refractivity contribution in [1.29, 1.82) is 0 Å². The molecular formula is C31H32F3N5O2. The Kier molecular flexibility index (Phi) is 9.11. The lowest BCUT2D eigenvalue weighted by atomic mass is 10.1. The fourth-order valence-corrected chi connectivity index (χ4v) is 4.46. The Morgan fingerprint density at radius 1 is 0.902 bits per heavy atom. The maximum atomic E-state index is 13.5. The minimum Gasteiger partial charge on any atom is -0.315 e. The maximum absolute atomic E-state index is 13.5. The summed E-state index contributed by atoms with van der Waals surface area (Å²) in [6, 6.07) is 20.9. The first-order chi connectivity index (χ1) is 19.6. The summed E-state index contributed by atoms with van der Waals surface area (Å²) in [6.07, 6.45) is -3.05. The van der Waals surface area contributed by atoms with Crippen molar-refractivity contribution in [3.63, 3.8) is 0 Å². The number of unbranched alkanes of at least 4 members (excludes halogenated alkanes) is 1. The van der Waals surface area contributed by atoms with Crippen LogP contribution in [-0.2, 0) is 11.0 Å². The Bertz CT molecular complexity index is 1500. The van der Waals surface area contributed by atoms with E-state index in [1.807, 2.05) is 75.4 Å². The number of carbonyl (C=O) groups is 2. The molecule has 10 heteroatoms. The molecule has 0 fully saturated rings. The van der Waals surface area contributed by atoms with Crippen LogP contribution in [0.1, 0.15) is 36.6 Å². The van der Waals surface area contributed by atoms with Crippen molar-refractivity contribution >= 4 is 23.4 Å². The highest BCUT2D eigenvalue weighted by atomic mass is 19.4. The van der Waals surface area contributed by atoms with Crippen molar-refractivity contribution < 1.29 is 22.8 Å². The molecule has 2 N–H and O–H groups in total. The maximum Gasteiger partial charge on any atom is 0.416 e. The summed E-state index contributed by atoms with van der Waals surface area (Å²) < 4.78 is 40.5. The van der Waals surface area contributed by atoms with E-state index in [4.69, 9.17) is 5.10 Å². The highest BCUT2D eigenvalue weighted by Crippen LogP contribution is 2.34. The zero-order chi connectivity index (χ0) is 29.6. The number of alkyl halides is 3. The van der Waals surface area contributed by atoms with Crippen molar-refractivity contribution in [2.24, 2.45) is 0 Å². The number of nitrogens with zero attached hydrogens (tertiary/aromatic N) is 3. The summed E-state index contributed by atoms with van der Waals surface area (Å²) in [5.74, 6) is 0.0437. The van der Waals surface area contributed by atoms with Gasteiger partial charge < -0.3 is 15.5 Å². The molecule has 1 aromatic heterocycles. The molecule has 41 heavy (non-hydrogen) atoms. The van der Waals surface area contributed by atoms with Crippen molar-refractivity contribution in [1.82, 2.24) is 14.7 Å². The summed E-state index contributed by atoms with van der Waals surface area (Å²) in [6.45, 7) is 5.81. The van der Waals surface area contributed by atoms with Gasteiger partial charge in [-0.25, -0.2) is 9.48 Å². The third kappa shape index (κ3) is 7.13. The first-order valence-electron chi connectivity index (χ1n) is 13.3.